The van der Waals surface area contributed by atoms with Gasteiger partial charge in [-0.3, -0.25) is 4.21 Å². The Balaban J connectivity index is 2.07. The van der Waals surface area contributed by atoms with E-state index in [1.807, 2.05) is 0 Å². The van der Waals surface area contributed by atoms with Crippen molar-refractivity contribution in [2.45, 2.75) is 45.3 Å². The Morgan fingerprint density at radius 2 is 2.40 bits per heavy atom. The van der Waals surface area contributed by atoms with Gasteiger partial charge in [-0.05, 0) is 32.7 Å². The first-order valence-corrected chi connectivity index (χ1v) is 7.41. The largest absolute Gasteiger partial charge is 0.377 e. The minimum absolute atomic E-state index is 0.264. The molecule has 1 rings (SSSR count). The second-order valence-electron chi connectivity index (χ2n) is 4.19. The molecule has 0 aliphatic carbocycles. The highest BCUT2D eigenvalue weighted by atomic mass is 32.2. The smallest absolute Gasteiger partial charge is 0.0691 e. The molecule has 3 unspecified atom stereocenters. The molecule has 1 N–H and O–H groups in total. The first kappa shape index (κ1) is 13.1. The van der Waals surface area contributed by atoms with Crippen LogP contribution < -0.4 is 5.32 Å². The maximum absolute atomic E-state index is 11.7. The van der Waals surface area contributed by atoms with Gasteiger partial charge in [0.05, 0.1) is 6.10 Å². The van der Waals surface area contributed by atoms with Crippen molar-refractivity contribution >= 4 is 10.8 Å². The minimum atomic E-state index is -0.699. The van der Waals surface area contributed by atoms with Crippen molar-refractivity contribution in [3.8, 4) is 0 Å². The van der Waals surface area contributed by atoms with Crippen molar-refractivity contribution < 1.29 is 8.95 Å². The summed E-state index contributed by atoms with van der Waals surface area (Å²) in [4.78, 5) is 0. The fourth-order valence-corrected chi connectivity index (χ4v) is 3.29. The van der Waals surface area contributed by atoms with E-state index in [9.17, 15) is 4.21 Å². The van der Waals surface area contributed by atoms with Crippen molar-refractivity contribution in [1.82, 2.24) is 5.32 Å². The average molecular weight is 233 g/mol. The molecule has 1 saturated heterocycles. The molecular weight excluding hydrogens is 210 g/mol. The van der Waals surface area contributed by atoms with Crippen LogP contribution in [0, 0.1) is 0 Å². The third-order valence-corrected chi connectivity index (χ3v) is 4.16. The molecule has 1 fully saturated rings. The first-order valence-electron chi connectivity index (χ1n) is 5.92. The lowest BCUT2D eigenvalue weighted by Gasteiger charge is -2.13. The second kappa shape index (κ2) is 7.36. The van der Waals surface area contributed by atoms with Gasteiger partial charge in [0.2, 0.25) is 0 Å². The van der Waals surface area contributed by atoms with Gasteiger partial charge in [-0.2, -0.15) is 0 Å². The van der Waals surface area contributed by atoms with Gasteiger partial charge in [-0.15, -0.1) is 0 Å². The molecule has 3 nitrogen and oxygen atoms in total. The van der Waals surface area contributed by atoms with E-state index in [2.05, 4.69) is 19.2 Å². The summed E-state index contributed by atoms with van der Waals surface area (Å²) in [5.41, 5.74) is 0. The number of ether oxygens (including phenoxy) is 1. The van der Waals surface area contributed by atoms with E-state index in [0.717, 1.165) is 43.9 Å². The number of hydrogen-bond donors (Lipinski definition) is 1. The van der Waals surface area contributed by atoms with E-state index in [4.69, 9.17) is 4.74 Å². The lowest BCUT2D eigenvalue weighted by molar-refractivity contribution is 0.128. The van der Waals surface area contributed by atoms with Crippen molar-refractivity contribution in [2.75, 3.05) is 24.7 Å². The molecule has 0 saturated carbocycles. The van der Waals surface area contributed by atoms with Gasteiger partial charge < -0.3 is 10.1 Å². The van der Waals surface area contributed by atoms with Crippen LogP contribution in [0.3, 0.4) is 0 Å². The SMILES string of the molecule is CCNC(C)CCS(=O)CC1CCCO1. The van der Waals surface area contributed by atoms with Crippen LogP contribution in [-0.4, -0.2) is 41.0 Å². The Labute approximate surface area is 95.4 Å². The van der Waals surface area contributed by atoms with Crippen LogP contribution in [0.4, 0.5) is 0 Å². The number of rotatable bonds is 7. The van der Waals surface area contributed by atoms with Crippen LogP contribution >= 0.6 is 0 Å². The normalized spacial score (nSPS) is 25.3. The van der Waals surface area contributed by atoms with Gasteiger partial charge in [0.1, 0.15) is 0 Å². The molecule has 4 heteroatoms. The Morgan fingerprint density at radius 3 is 3.00 bits per heavy atom. The van der Waals surface area contributed by atoms with Gasteiger partial charge >= 0.3 is 0 Å². The van der Waals surface area contributed by atoms with E-state index in [-0.39, 0.29) is 6.10 Å². The van der Waals surface area contributed by atoms with Crippen LogP contribution in [-0.2, 0) is 15.5 Å². The summed E-state index contributed by atoms with van der Waals surface area (Å²) in [5, 5.41) is 3.33. The molecule has 0 amide bonds. The lowest BCUT2D eigenvalue weighted by Crippen LogP contribution is -2.28. The fraction of sp³-hybridized carbons (Fsp3) is 1.00. The minimum Gasteiger partial charge on any atom is -0.377 e. The van der Waals surface area contributed by atoms with Gasteiger partial charge in [-0.25, -0.2) is 0 Å². The average Bonchev–Trinajstić information content (AvgIpc) is 2.68. The zero-order chi connectivity index (χ0) is 11.1. The molecule has 3 atom stereocenters. The van der Waals surface area contributed by atoms with Crippen LogP contribution in [0.15, 0.2) is 0 Å². The molecule has 0 spiro atoms. The summed E-state index contributed by atoms with van der Waals surface area (Å²) >= 11 is 0. The molecule has 0 radical (unpaired) electrons. The number of hydrogen-bond acceptors (Lipinski definition) is 3. The molecule has 90 valence electrons. The summed E-state index contributed by atoms with van der Waals surface area (Å²) in [5.74, 6) is 1.53. The third kappa shape index (κ3) is 5.64. The van der Waals surface area contributed by atoms with Crippen molar-refractivity contribution in [3.05, 3.63) is 0 Å². The Hall–Kier alpha value is 0.0700. The zero-order valence-electron chi connectivity index (χ0n) is 9.83. The molecule has 0 aromatic heterocycles. The van der Waals surface area contributed by atoms with Crippen LogP contribution in [0.1, 0.15) is 33.1 Å². The summed E-state index contributed by atoms with van der Waals surface area (Å²) < 4.78 is 17.2. The van der Waals surface area contributed by atoms with Crippen LogP contribution in [0.25, 0.3) is 0 Å². The highest BCUT2D eigenvalue weighted by molar-refractivity contribution is 7.85. The Morgan fingerprint density at radius 1 is 1.60 bits per heavy atom. The molecule has 0 bridgehead atoms. The summed E-state index contributed by atoms with van der Waals surface area (Å²) in [7, 11) is -0.699. The monoisotopic (exact) mass is 233 g/mol. The van der Waals surface area contributed by atoms with Gasteiger partial charge in [0, 0.05) is 35.0 Å². The summed E-state index contributed by atoms with van der Waals surface area (Å²) in [6.45, 7) is 6.09. The lowest BCUT2D eigenvalue weighted by atomic mass is 10.2. The summed E-state index contributed by atoms with van der Waals surface area (Å²) in [6, 6.07) is 0.475. The Kier molecular flexibility index (Phi) is 6.45. The highest BCUT2D eigenvalue weighted by Crippen LogP contribution is 2.13. The zero-order valence-corrected chi connectivity index (χ0v) is 10.6. The predicted molar refractivity (Wildman–Crippen MR) is 64.6 cm³/mol. The molecule has 0 aromatic carbocycles. The van der Waals surface area contributed by atoms with Crippen molar-refractivity contribution in [3.63, 3.8) is 0 Å². The van der Waals surface area contributed by atoms with E-state index in [1.54, 1.807) is 0 Å². The fourth-order valence-electron chi connectivity index (χ4n) is 1.83. The van der Waals surface area contributed by atoms with Gasteiger partial charge in [0.15, 0.2) is 0 Å². The molecular formula is C11H23NO2S. The van der Waals surface area contributed by atoms with Crippen molar-refractivity contribution in [1.29, 1.82) is 0 Å². The molecule has 0 aromatic rings. The van der Waals surface area contributed by atoms with E-state index >= 15 is 0 Å². The molecule has 1 aliphatic rings. The topological polar surface area (TPSA) is 38.3 Å². The van der Waals surface area contributed by atoms with Crippen LogP contribution in [0.2, 0.25) is 0 Å². The molecule has 1 aliphatic heterocycles. The van der Waals surface area contributed by atoms with E-state index in [0.29, 0.717) is 6.04 Å². The predicted octanol–water partition coefficient (Wildman–Crippen LogP) is 1.30. The maximum atomic E-state index is 11.7. The summed E-state index contributed by atoms with van der Waals surface area (Å²) in [6.07, 6.45) is 3.48. The number of nitrogens with one attached hydrogen (secondary N) is 1. The van der Waals surface area contributed by atoms with Gasteiger partial charge in [-0.1, -0.05) is 6.92 Å². The maximum Gasteiger partial charge on any atom is 0.0691 e. The standard InChI is InChI=1S/C11H23NO2S/c1-3-12-10(2)6-8-15(13)9-11-5-4-7-14-11/h10-12H,3-9H2,1-2H3. The van der Waals surface area contributed by atoms with Gasteiger partial charge in [0.25, 0.3) is 0 Å². The highest BCUT2D eigenvalue weighted by Gasteiger charge is 2.18. The molecule has 15 heavy (non-hydrogen) atoms. The Bertz CT molecular complexity index is 193. The van der Waals surface area contributed by atoms with E-state index < -0.39 is 10.8 Å². The quantitative estimate of drug-likeness (QED) is 0.720. The molecule has 1 heterocycles. The van der Waals surface area contributed by atoms with Crippen molar-refractivity contribution in [2.24, 2.45) is 0 Å². The first-order chi connectivity index (χ1) is 7.22. The van der Waals surface area contributed by atoms with Crippen LogP contribution in [0.5, 0.6) is 0 Å². The third-order valence-electron chi connectivity index (χ3n) is 2.73. The second-order valence-corrected chi connectivity index (χ2v) is 5.81. The van der Waals surface area contributed by atoms with E-state index in [1.165, 1.54) is 0 Å².